The minimum Gasteiger partial charge on any atom is -0.367 e. The van der Waals surface area contributed by atoms with Crippen LogP contribution in [0.15, 0.2) is 47.5 Å². The Morgan fingerprint density at radius 2 is 1.90 bits per heavy atom. The average molecular weight is 390 g/mol. The van der Waals surface area contributed by atoms with E-state index in [-0.39, 0.29) is 5.82 Å². The molecule has 29 heavy (non-hydrogen) atoms. The summed E-state index contributed by atoms with van der Waals surface area (Å²) in [7, 11) is 0. The molecule has 0 aliphatic carbocycles. The molecule has 1 aliphatic heterocycles. The molecule has 0 saturated heterocycles. The third-order valence-electron chi connectivity index (χ3n) is 5.15. The lowest BCUT2D eigenvalue weighted by Gasteiger charge is -2.29. The number of primary amides is 1. The number of H-pyrrole nitrogens is 1. The van der Waals surface area contributed by atoms with E-state index < -0.39 is 23.4 Å². The molecule has 1 aliphatic rings. The Hall–Kier alpha value is -3.68. The first-order valence-corrected chi connectivity index (χ1v) is 9.27. The fourth-order valence-electron chi connectivity index (χ4n) is 3.73. The van der Waals surface area contributed by atoms with Crippen molar-refractivity contribution in [3.63, 3.8) is 0 Å². The largest absolute Gasteiger partial charge is 0.367 e. The Labute approximate surface area is 167 Å². The van der Waals surface area contributed by atoms with E-state index in [4.69, 9.17) is 5.73 Å². The number of carbonyl (C=O) groups is 2. The molecule has 0 spiro atoms. The van der Waals surface area contributed by atoms with Crippen molar-refractivity contribution >= 4 is 34.4 Å². The molecule has 0 fully saturated rings. The van der Waals surface area contributed by atoms with Crippen LogP contribution in [0.5, 0.6) is 0 Å². The van der Waals surface area contributed by atoms with Crippen molar-refractivity contribution in [3.05, 3.63) is 59.4 Å². The standard InChI is InChI=1S/C21H22N6O2/c1-11-8-9-14(12(2)10-11)24-18(28)17-21(19(22)29,27-13(3)23-17)20-25-15-6-4-5-7-16(15)26-20/h4-10,17H,1-3H3,(H2,22,29)(H,23,27)(H,24,28)(H,25,26). The van der Waals surface area contributed by atoms with Crippen LogP contribution >= 0.6 is 0 Å². The first-order chi connectivity index (χ1) is 13.8. The number of anilines is 1. The number of nitrogens with zero attached hydrogens (tertiary/aromatic N) is 2. The number of imidazole rings is 1. The second kappa shape index (κ2) is 6.73. The number of nitrogens with two attached hydrogens (primary N) is 1. The molecule has 2 atom stereocenters. The van der Waals surface area contributed by atoms with Gasteiger partial charge in [0, 0.05) is 5.69 Å². The number of para-hydroxylation sites is 2. The molecule has 8 heteroatoms. The predicted molar refractivity (Wildman–Crippen MR) is 112 cm³/mol. The number of aliphatic imine (C=N–C) groups is 1. The number of hydrogen-bond donors (Lipinski definition) is 4. The summed E-state index contributed by atoms with van der Waals surface area (Å²) >= 11 is 0. The molecule has 2 unspecified atom stereocenters. The first kappa shape index (κ1) is 18.7. The van der Waals surface area contributed by atoms with Crippen LogP contribution in [0.4, 0.5) is 5.69 Å². The number of carbonyl (C=O) groups excluding carboxylic acids is 2. The van der Waals surface area contributed by atoms with Crippen LogP contribution in [-0.2, 0) is 15.1 Å². The molecule has 0 saturated carbocycles. The molecule has 4 rings (SSSR count). The van der Waals surface area contributed by atoms with Gasteiger partial charge in [-0.3, -0.25) is 14.6 Å². The van der Waals surface area contributed by atoms with Gasteiger partial charge in [0.1, 0.15) is 5.82 Å². The summed E-state index contributed by atoms with van der Waals surface area (Å²) in [6.07, 6.45) is 0. The van der Waals surface area contributed by atoms with Crippen molar-refractivity contribution in [2.24, 2.45) is 10.7 Å². The second-order valence-corrected chi connectivity index (χ2v) is 7.32. The molecule has 148 valence electrons. The molecule has 0 bridgehead atoms. The monoisotopic (exact) mass is 390 g/mol. The van der Waals surface area contributed by atoms with Gasteiger partial charge in [-0.2, -0.15) is 0 Å². The number of amidine groups is 1. The zero-order valence-electron chi connectivity index (χ0n) is 16.4. The van der Waals surface area contributed by atoms with Crippen molar-refractivity contribution in [2.45, 2.75) is 32.4 Å². The fourth-order valence-corrected chi connectivity index (χ4v) is 3.73. The Bertz CT molecular complexity index is 1130. The normalized spacial score (nSPS) is 20.9. The van der Waals surface area contributed by atoms with Crippen LogP contribution in [0.25, 0.3) is 11.0 Å². The lowest BCUT2D eigenvalue weighted by atomic mass is 9.88. The minimum atomic E-state index is -1.61. The second-order valence-electron chi connectivity index (χ2n) is 7.32. The maximum Gasteiger partial charge on any atom is 0.253 e. The van der Waals surface area contributed by atoms with Gasteiger partial charge in [-0.1, -0.05) is 29.8 Å². The van der Waals surface area contributed by atoms with Crippen LogP contribution in [0, 0.1) is 13.8 Å². The number of amides is 2. The Balaban J connectivity index is 1.77. The van der Waals surface area contributed by atoms with Crippen LogP contribution in [0.2, 0.25) is 0 Å². The molecule has 0 radical (unpaired) electrons. The van der Waals surface area contributed by atoms with Crippen molar-refractivity contribution in [3.8, 4) is 0 Å². The van der Waals surface area contributed by atoms with E-state index >= 15 is 0 Å². The molecule has 8 nitrogen and oxygen atoms in total. The van der Waals surface area contributed by atoms with E-state index in [0.29, 0.717) is 17.0 Å². The summed E-state index contributed by atoms with van der Waals surface area (Å²) in [5.74, 6) is -0.490. The zero-order valence-corrected chi connectivity index (χ0v) is 16.4. The Kier molecular flexibility index (Phi) is 4.34. The molecule has 5 N–H and O–H groups in total. The Morgan fingerprint density at radius 3 is 2.59 bits per heavy atom. The van der Waals surface area contributed by atoms with Crippen LogP contribution < -0.4 is 16.4 Å². The molecule has 2 amide bonds. The molecule has 2 aromatic carbocycles. The quantitative estimate of drug-likeness (QED) is 0.543. The summed E-state index contributed by atoms with van der Waals surface area (Å²) in [6, 6.07) is 12.0. The maximum absolute atomic E-state index is 13.2. The van der Waals surface area contributed by atoms with E-state index in [9.17, 15) is 9.59 Å². The number of fused-ring (bicyclic) bond motifs is 1. The molecule has 1 aromatic heterocycles. The van der Waals surface area contributed by atoms with Crippen LogP contribution in [0.1, 0.15) is 23.9 Å². The van der Waals surface area contributed by atoms with E-state index in [1.165, 1.54) is 0 Å². The number of rotatable bonds is 4. The highest BCUT2D eigenvalue weighted by molar-refractivity contribution is 6.07. The van der Waals surface area contributed by atoms with Crippen molar-refractivity contribution in [1.82, 2.24) is 15.3 Å². The van der Waals surface area contributed by atoms with Gasteiger partial charge in [0.25, 0.3) is 11.8 Å². The van der Waals surface area contributed by atoms with Gasteiger partial charge in [-0.25, -0.2) is 4.98 Å². The Morgan fingerprint density at radius 1 is 1.14 bits per heavy atom. The van der Waals surface area contributed by atoms with Crippen LogP contribution in [-0.4, -0.2) is 33.7 Å². The number of aryl methyl sites for hydroxylation is 2. The number of nitrogens with one attached hydrogen (secondary N) is 3. The number of aromatic amines is 1. The fraction of sp³-hybridized carbons (Fsp3) is 0.238. The minimum absolute atomic E-state index is 0.257. The first-order valence-electron chi connectivity index (χ1n) is 9.27. The van der Waals surface area contributed by atoms with Gasteiger partial charge >= 0.3 is 0 Å². The molecule has 3 aromatic rings. The van der Waals surface area contributed by atoms with Gasteiger partial charge in [-0.05, 0) is 44.5 Å². The highest BCUT2D eigenvalue weighted by Gasteiger charge is 2.56. The molecule has 2 heterocycles. The van der Waals surface area contributed by atoms with Crippen LogP contribution in [0.3, 0.4) is 0 Å². The van der Waals surface area contributed by atoms with E-state index in [0.717, 1.165) is 16.6 Å². The summed E-state index contributed by atoms with van der Waals surface area (Å²) in [5.41, 5.74) is 8.27. The van der Waals surface area contributed by atoms with Gasteiger partial charge in [0.05, 0.1) is 16.9 Å². The number of hydrogen-bond acceptors (Lipinski definition) is 5. The number of aromatic nitrogens is 2. The topological polar surface area (TPSA) is 125 Å². The molecular weight excluding hydrogens is 368 g/mol. The van der Waals surface area contributed by atoms with E-state index in [1.807, 2.05) is 56.3 Å². The predicted octanol–water partition coefficient (Wildman–Crippen LogP) is 1.89. The van der Waals surface area contributed by atoms with E-state index in [1.54, 1.807) is 6.92 Å². The highest BCUT2D eigenvalue weighted by atomic mass is 16.2. The lowest BCUT2D eigenvalue weighted by Crippen LogP contribution is -2.60. The average Bonchev–Trinajstić information content (AvgIpc) is 3.25. The summed E-state index contributed by atoms with van der Waals surface area (Å²) in [4.78, 5) is 37.9. The smallest absolute Gasteiger partial charge is 0.253 e. The van der Waals surface area contributed by atoms with Gasteiger partial charge in [0.2, 0.25) is 5.54 Å². The summed E-state index contributed by atoms with van der Waals surface area (Å²) < 4.78 is 0. The zero-order chi connectivity index (χ0) is 20.8. The van der Waals surface area contributed by atoms with Gasteiger partial charge in [-0.15, -0.1) is 0 Å². The summed E-state index contributed by atoms with van der Waals surface area (Å²) in [6.45, 7) is 5.57. The lowest BCUT2D eigenvalue weighted by molar-refractivity contribution is -0.129. The van der Waals surface area contributed by atoms with Crippen molar-refractivity contribution in [2.75, 3.05) is 5.32 Å². The third kappa shape index (κ3) is 3.02. The highest BCUT2D eigenvalue weighted by Crippen LogP contribution is 2.32. The SMILES string of the molecule is CC1=NC(C(=O)Nc2ccc(C)cc2C)C(C(N)=O)(c2nc3ccccc3[nH]2)N1. The maximum atomic E-state index is 13.2. The molecular formula is C21H22N6O2. The van der Waals surface area contributed by atoms with Gasteiger partial charge < -0.3 is 21.4 Å². The van der Waals surface area contributed by atoms with E-state index in [2.05, 4.69) is 25.6 Å². The van der Waals surface area contributed by atoms with Crippen molar-refractivity contribution in [1.29, 1.82) is 0 Å². The van der Waals surface area contributed by atoms with Gasteiger partial charge in [0.15, 0.2) is 6.04 Å². The third-order valence-corrected chi connectivity index (χ3v) is 5.15. The van der Waals surface area contributed by atoms with Crippen molar-refractivity contribution < 1.29 is 9.59 Å². The number of benzene rings is 2. The summed E-state index contributed by atoms with van der Waals surface area (Å²) in [5, 5.41) is 5.88.